The van der Waals surface area contributed by atoms with Crippen molar-refractivity contribution in [3.63, 3.8) is 0 Å². The summed E-state index contributed by atoms with van der Waals surface area (Å²) in [7, 11) is -3.75. The molecular weight excluding hydrogens is 324 g/mol. The molecule has 1 aliphatic rings. The number of ether oxygens (including phenoxy) is 1. The molecular formula is C19H30O4S. The lowest BCUT2D eigenvalue weighted by Gasteiger charge is -2.23. The maximum atomic E-state index is 12.6. The number of aryl methyl sites for hydroxylation is 1. The Kier molecular flexibility index (Phi) is 7.26. The van der Waals surface area contributed by atoms with Gasteiger partial charge in [-0.1, -0.05) is 50.8 Å². The molecule has 1 fully saturated rings. The van der Waals surface area contributed by atoms with E-state index in [4.69, 9.17) is 8.92 Å². The average Bonchev–Trinajstić information content (AvgIpc) is 3.05. The van der Waals surface area contributed by atoms with E-state index in [0.717, 1.165) is 44.1 Å². The fraction of sp³-hybridized carbons (Fsp3) is 0.684. The van der Waals surface area contributed by atoms with Gasteiger partial charge < -0.3 is 4.74 Å². The molecule has 2 rings (SSSR count). The minimum absolute atomic E-state index is 0.107. The maximum absolute atomic E-state index is 12.6. The van der Waals surface area contributed by atoms with Gasteiger partial charge in [-0.25, -0.2) is 0 Å². The predicted octanol–water partition coefficient (Wildman–Crippen LogP) is 4.46. The van der Waals surface area contributed by atoms with Crippen LogP contribution in [0.15, 0.2) is 29.2 Å². The molecule has 0 aromatic heterocycles. The summed E-state index contributed by atoms with van der Waals surface area (Å²) in [4.78, 5) is 0.221. The van der Waals surface area contributed by atoms with E-state index in [1.807, 2.05) is 6.92 Å². The second-order valence-corrected chi connectivity index (χ2v) is 8.70. The van der Waals surface area contributed by atoms with E-state index in [1.54, 1.807) is 24.3 Å². The van der Waals surface area contributed by atoms with Crippen LogP contribution < -0.4 is 0 Å². The van der Waals surface area contributed by atoms with Crippen LogP contribution in [-0.4, -0.2) is 27.2 Å². The van der Waals surface area contributed by atoms with Crippen LogP contribution in [0.2, 0.25) is 0 Å². The highest BCUT2D eigenvalue weighted by atomic mass is 32.2. The first-order valence-corrected chi connectivity index (χ1v) is 10.4. The number of rotatable bonds is 9. The van der Waals surface area contributed by atoms with Crippen LogP contribution in [0.25, 0.3) is 0 Å². The average molecular weight is 355 g/mol. The Hall–Kier alpha value is -0.910. The highest BCUT2D eigenvalue weighted by Crippen LogP contribution is 2.26. The highest BCUT2D eigenvalue weighted by molar-refractivity contribution is 7.86. The summed E-state index contributed by atoms with van der Waals surface area (Å²) in [6, 6.07) is 6.80. The molecule has 0 amide bonds. The van der Waals surface area contributed by atoms with Gasteiger partial charge in [0.2, 0.25) is 0 Å². The van der Waals surface area contributed by atoms with Crippen molar-refractivity contribution in [2.75, 3.05) is 6.61 Å². The summed E-state index contributed by atoms with van der Waals surface area (Å²) < 4.78 is 36.5. The molecule has 0 radical (unpaired) electrons. The SMILES string of the molecule is Cc1ccc(S(=O)(=O)O[C@@H](CCCCC(C)C)[C@@H]2CCCO2)cc1. The molecule has 1 heterocycles. The third kappa shape index (κ3) is 5.87. The van der Waals surface area contributed by atoms with Crippen LogP contribution in [0.4, 0.5) is 0 Å². The van der Waals surface area contributed by atoms with Crippen LogP contribution in [0.3, 0.4) is 0 Å². The van der Waals surface area contributed by atoms with Crippen LogP contribution in [0.1, 0.15) is 57.9 Å². The van der Waals surface area contributed by atoms with E-state index >= 15 is 0 Å². The molecule has 5 heteroatoms. The summed E-state index contributed by atoms with van der Waals surface area (Å²) in [5, 5.41) is 0. The zero-order valence-corrected chi connectivity index (χ0v) is 15.8. The van der Waals surface area contributed by atoms with Crippen molar-refractivity contribution < 1.29 is 17.3 Å². The molecule has 0 aliphatic carbocycles. The quantitative estimate of drug-likeness (QED) is 0.485. The van der Waals surface area contributed by atoms with E-state index in [1.165, 1.54) is 0 Å². The second-order valence-electron chi connectivity index (χ2n) is 7.13. The van der Waals surface area contributed by atoms with Crippen molar-refractivity contribution in [1.82, 2.24) is 0 Å². The first kappa shape index (κ1) is 19.4. The Morgan fingerprint density at radius 2 is 1.83 bits per heavy atom. The van der Waals surface area contributed by atoms with E-state index < -0.39 is 10.1 Å². The Morgan fingerprint density at radius 3 is 2.42 bits per heavy atom. The molecule has 1 saturated heterocycles. The molecule has 136 valence electrons. The molecule has 0 N–H and O–H groups in total. The monoisotopic (exact) mass is 354 g/mol. The Bertz CT molecular complexity index is 586. The number of unbranched alkanes of at least 4 members (excludes halogenated alkanes) is 1. The molecule has 1 aliphatic heterocycles. The number of hydrogen-bond donors (Lipinski definition) is 0. The molecule has 0 spiro atoms. The smallest absolute Gasteiger partial charge is 0.297 e. The van der Waals surface area contributed by atoms with Gasteiger partial charge in [-0.3, -0.25) is 4.18 Å². The first-order chi connectivity index (χ1) is 11.4. The van der Waals surface area contributed by atoms with E-state index in [2.05, 4.69) is 13.8 Å². The molecule has 0 saturated carbocycles. The lowest BCUT2D eigenvalue weighted by molar-refractivity contribution is 0.0104. The van der Waals surface area contributed by atoms with Gasteiger partial charge in [0.1, 0.15) is 6.10 Å². The van der Waals surface area contributed by atoms with Crippen LogP contribution in [0.5, 0.6) is 0 Å². The summed E-state index contributed by atoms with van der Waals surface area (Å²) in [5.74, 6) is 0.670. The van der Waals surface area contributed by atoms with Crippen LogP contribution in [-0.2, 0) is 19.0 Å². The summed E-state index contributed by atoms with van der Waals surface area (Å²) in [5.41, 5.74) is 1.03. The van der Waals surface area contributed by atoms with Crippen LogP contribution >= 0.6 is 0 Å². The first-order valence-electron chi connectivity index (χ1n) is 9.00. The largest absolute Gasteiger partial charge is 0.375 e. The van der Waals surface area contributed by atoms with Gasteiger partial charge in [-0.2, -0.15) is 8.42 Å². The molecule has 4 nitrogen and oxygen atoms in total. The summed E-state index contributed by atoms with van der Waals surface area (Å²) >= 11 is 0. The Labute approximate surface area is 146 Å². The summed E-state index contributed by atoms with van der Waals surface area (Å²) in [6.45, 7) is 7.04. The molecule has 2 atom stereocenters. The Balaban J connectivity index is 2.01. The molecule has 1 aromatic carbocycles. The van der Waals surface area contributed by atoms with Gasteiger partial charge in [0, 0.05) is 6.61 Å². The van der Waals surface area contributed by atoms with Crippen molar-refractivity contribution in [3.05, 3.63) is 29.8 Å². The van der Waals surface area contributed by atoms with Gasteiger partial charge in [-0.05, 0) is 44.2 Å². The molecule has 24 heavy (non-hydrogen) atoms. The minimum atomic E-state index is -3.75. The minimum Gasteiger partial charge on any atom is -0.375 e. The van der Waals surface area contributed by atoms with Crippen molar-refractivity contribution in [2.45, 2.75) is 76.4 Å². The number of benzene rings is 1. The van der Waals surface area contributed by atoms with Crippen molar-refractivity contribution in [1.29, 1.82) is 0 Å². The lowest BCUT2D eigenvalue weighted by atomic mass is 10.0. The third-order valence-electron chi connectivity index (χ3n) is 4.46. The van der Waals surface area contributed by atoms with Gasteiger partial charge >= 0.3 is 0 Å². The topological polar surface area (TPSA) is 52.6 Å². The lowest BCUT2D eigenvalue weighted by Crippen LogP contribution is -2.31. The fourth-order valence-corrected chi connectivity index (χ4v) is 4.14. The highest BCUT2D eigenvalue weighted by Gasteiger charge is 2.31. The summed E-state index contributed by atoms with van der Waals surface area (Å²) in [6.07, 6.45) is 5.29. The maximum Gasteiger partial charge on any atom is 0.297 e. The molecule has 0 bridgehead atoms. The molecule has 0 unspecified atom stereocenters. The second kappa shape index (κ2) is 8.97. The van der Waals surface area contributed by atoms with E-state index in [-0.39, 0.29) is 17.1 Å². The van der Waals surface area contributed by atoms with Gasteiger partial charge in [-0.15, -0.1) is 0 Å². The Morgan fingerprint density at radius 1 is 1.17 bits per heavy atom. The van der Waals surface area contributed by atoms with E-state index in [0.29, 0.717) is 12.5 Å². The fourth-order valence-electron chi connectivity index (χ4n) is 3.01. The normalized spacial score (nSPS) is 19.8. The van der Waals surface area contributed by atoms with Gasteiger partial charge in [0.15, 0.2) is 0 Å². The van der Waals surface area contributed by atoms with Crippen molar-refractivity contribution >= 4 is 10.1 Å². The number of hydrogen-bond acceptors (Lipinski definition) is 4. The molecule has 1 aromatic rings. The van der Waals surface area contributed by atoms with E-state index in [9.17, 15) is 8.42 Å². The standard InChI is InChI=1S/C19H30O4S/c1-15(2)7-4-5-8-19(18-9-6-14-22-18)23-24(20,21)17-12-10-16(3)11-13-17/h10-13,15,18-19H,4-9,14H2,1-3H3/t18-,19-/m0/s1. The van der Waals surface area contributed by atoms with Crippen LogP contribution in [0, 0.1) is 12.8 Å². The van der Waals surface area contributed by atoms with Gasteiger partial charge in [0.05, 0.1) is 11.0 Å². The third-order valence-corrected chi connectivity index (χ3v) is 5.81. The zero-order chi connectivity index (χ0) is 17.6. The predicted molar refractivity (Wildman–Crippen MR) is 95.5 cm³/mol. The van der Waals surface area contributed by atoms with Gasteiger partial charge in [0.25, 0.3) is 10.1 Å². The zero-order valence-electron chi connectivity index (χ0n) is 15.0. The van der Waals surface area contributed by atoms with Crippen molar-refractivity contribution in [3.8, 4) is 0 Å². The van der Waals surface area contributed by atoms with Crippen molar-refractivity contribution in [2.24, 2.45) is 5.92 Å².